The average molecular weight is 542 g/mol. The number of aromatic nitrogens is 2. The van der Waals surface area contributed by atoms with E-state index in [1.165, 1.54) is 19.3 Å². The van der Waals surface area contributed by atoms with Gasteiger partial charge in [0.25, 0.3) is 5.22 Å². The van der Waals surface area contributed by atoms with E-state index in [0.717, 1.165) is 11.8 Å². The van der Waals surface area contributed by atoms with Crippen LogP contribution in [-0.4, -0.2) is 28.4 Å². The van der Waals surface area contributed by atoms with Crippen molar-refractivity contribution in [1.29, 1.82) is 0 Å². The number of carboxylic acids is 1. The van der Waals surface area contributed by atoms with Crippen molar-refractivity contribution in [3.63, 3.8) is 0 Å². The summed E-state index contributed by atoms with van der Waals surface area (Å²) < 4.78 is 30.9. The fraction of sp³-hybridized carbons (Fsp3) is 0.150. The standard InChI is InChI=1S/C20H16FIN2O5S/c1-11-23-24-20(29-11)30-17(19(25)26)9-12-7-15(22)18(16(8-12)27-2)28-10-13-5-3-4-6-14(13)21/h3-9H,10H2,1-2H3,(H,25,26)/b17-9-. The highest BCUT2D eigenvalue weighted by atomic mass is 127. The molecule has 3 rings (SSSR count). The van der Waals surface area contributed by atoms with Gasteiger partial charge in [-0.1, -0.05) is 18.2 Å². The molecule has 0 amide bonds. The van der Waals surface area contributed by atoms with E-state index in [4.69, 9.17) is 13.9 Å². The lowest BCUT2D eigenvalue weighted by atomic mass is 10.2. The summed E-state index contributed by atoms with van der Waals surface area (Å²) in [7, 11) is 1.48. The summed E-state index contributed by atoms with van der Waals surface area (Å²) in [5, 5.41) is 17.1. The Morgan fingerprint density at radius 2 is 2.10 bits per heavy atom. The number of rotatable bonds is 8. The first-order valence-electron chi connectivity index (χ1n) is 8.54. The molecule has 30 heavy (non-hydrogen) atoms. The van der Waals surface area contributed by atoms with Gasteiger partial charge < -0.3 is 19.0 Å². The number of hydrogen-bond acceptors (Lipinski definition) is 7. The second-order valence-electron chi connectivity index (χ2n) is 5.92. The number of thioether (sulfide) groups is 1. The number of nitrogens with zero attached hydrogens (tertiary/aromatic N) is 2. The van der Waals surface area contributed by atoms with E-state index in [1.807, 2.05) is 0 Å². The third kappa shape index (κ3) is 5.51. The smallest absolute Gasteiger partial charge is 0.342 e. The molecule has 10 heteroatoms. The van der Waals surface area contributed by atoms with Crippen LogP contribution in [0, 0.1) is 16.3 Å². The molecule has 0 aliphatic carbocycles. The zero-order valence-corrected chi connectivity index (χ0v) is 18.9. The molecule has 0 bridgehead atoms. The van der Waals surface area contributed by atoms with Crippen molar-refractivity contribution in [2.24, 2.45) is 0 Å². The van der Waals surface area contributed by atoms with Crippen molar-refractivity contribution in [3.8, 4) is 11.5 Å². The van der Waals surface area contributed by atoms with Crippen molar-refractivity contribution in [2.45, 2.75) is 18.8 Å². The number of aliphatic carboxylic acids is 1. The number of hydrogen-bond donors (Lipinski definition) is 1. The zero-order chi connectivity index (χ0) is 21.7. The lowest BCUT2D eigenvalue weighted by molar-refractivity contribution is -0.131. The van der Waals surface area contributed by atoms with Crippen molar-refractivity contribution >= 4 is 46.4 Å². The summed E-state index contributed by atoms with van der Waals surface area (Å²) in [4.78, 5) is 11.6. The molecule has 0 spiro atoms. The first-order valence-corrected chi connectivity index (χ1v) is 10.4. The topological polar surface area (TPSA) is 94.7 Å². The molecular weight excluding hydrogens is 526 g/mol. The Bertz CT molecular complexity index is 1100. The quantitative estimate of drug-likeness (QED) is 0.244. The molecule has 2 aromatic carbocycles. The normalized spacial score (nSPS) is 11.4. The highest BCUT2D eigenvalue weighted by Gasteiger charge is 2.17. The minimum atomic E-state index is -1.13. The summed E-state index contributed by atoms with van der Waals surface area (Å²) >= 11 is 2.90. The van der Waals surface area contributed by atoms with Crippen LogP contribution in [0.1, 0.15) is 17.0 Å². The van der Waals surface area contributed by atoms with Gasteiger partial charge in [0.05, 0.1) is 10.7 Å². The number of methoxy groups -OCH3 is 1. The van der Waals surface area contributed by atoms with Crippen LogP contribution in [-0.2, 0) is 11.4 Å². The minimum Gasteiger partial charge on any atom is -0.493 e. The number of carbonyl (C=O) groups is 1. The molecule has 1 N–H and O–H groups in total. The van der Waals surface area contributed by atoms with Gasteiger partial charge in [-0.25, -0.2) is 9.18 Å². The van der Waals surface area contributed by atoms with Gasteiger partial charge in [0, 0.05) is 12.5 Å². The highest BCUT2D eigenvalue weighted by molar-refractivity contribution is 14.1. The maximum atomic E-state index is 13.8. The average Bonchev–Trinajstić information content (AvgIpc) is 3.12. The molecule has 0 aliphatic rings. The maximum absolute atomic E-state index is 13.8. The Morgan fingerprint density at radius 3 is 2.73 bits per heavy atom. The Hall–Kier alpha value is -2.60. The van der Waals surface area contributed by atoms with Crippen LogP contribution >= 0.6 is 34.4 Å². The summed E-state index contributed by atoms with van der Waals surface area (Å²) in [6.07, 6.45) is 1.47. The van der Waals surface area contributed by atoms with Crippen LogP contribution in [0.3, 0.4) is 0 Å². The molecule has 3 aromatic rings. The molecule has 1 aromatic heterocycles. The molecule has 0 radical (unpaired) electrons. The van der Waals surface area contributed by atoms with Gasteiger partial charge in [-0.3, -0.25) is 0 Å². The van der Waals surface area contributed by atoms with Crippen molar-refractivity contribution < 1.29 is 28.2 Å². The Morgan fingerprint density at radius 1 is 1.33 bits per heavy atom. The van der Waals surface area contributed by atoms with Gasteiger partial charge in [0.2, 0.25) is 5.89 Å². The summed E-state index contributed by atoms with van der Waals surface area (Å²) in [5.74, 6) is -0.312. The van der Waals surface area contributed by atoms with Crippen molar-refractivity contribution in [3.05, 3.63) is 67.7 Å². The molecule has 0 atom stereocenters. The number of halogens is 2. The lowest BCUT2D eigenvalue weighted by Crippen LogP contribution is -2.02. The third-order valence-corrected chi connectivity index (χ3v) is 5.45. The molecular formula is C20H16FIN2O5S. The molecule has 0 fully saturated rings. The second-order valence-corrected chi connectivity index (χ2v) is 8.07. The van der Waals surface area contributed by atoms with Gasteiger partial charge in [0.15, 0.2) is 11.5 Å². The number of carboxylic acid groups (broad SMARTS) is 1. The van der Waals surface area contributed by atoms with Crippen LogP contribution in [0.5, 0.6) is 11.5 Å². The Labute approximate surface area is 189 Å². The minimum absolute atomic E-state index is 0.00321. The number of aryl methyl sites for hydroxylation is 1. The summed E-state index contributed by atoms with van der Waals surface area (Å²) in [5.41, 5.74) is 0.995. The van der Waals surface area contributed by atoms with Gasteiger partial charge >= 0.3 is 5.97 Å². The number of ether oxygens (including phenoxy) is 2. The molecule has 0 aliphatic heterocycles. The van der Waals surface area contributed by atoms with Crippen molar-refractivity contribution in [1.82, 2.24) is 10.2 Å². The largest absolute Gasteiger partial charge is 0.493 e. The third-order valence-electron chi connectivity index (χ3n) is 3.79. The van der Waals surface area contributed by atoms with Crippen LogP contribution in [0.4, 0.5) is 4.39 Å². The SMILES string of the molecule is COc1cc(/C=C(\Sc2nnc(C)o2)C(=O)O)cc(I)c1OCc1ccccc1F. The predicted molar refractivity (Wildman–Crippen MR) is 117 cm³/mol. The lowest BCUT2D eigenvalue weighted by Gasteiger charge is -2.14. The fourth-order valence-corrected chi connectivity index (χ4v) is 3.92. The first kappa shape index (κ1) is 22.1. The Kier molecular flexibility index (Phi) is 7.32. The highest BCUT2D eigenvalue weighted by Crippen LogP contribution is 2.36. The van der Waals surface area contributed by atoms with E-state index in [9.17, 15) is 14.3 Å². The van der Waals surface area contributed by atoms with E-state index in [-0.39, 0.29) is 22.6 Å². The van der Waals surface area contributed by atoms with Gasteiger partial charge in [-0.2, -0.15) is 0 Å². The van der Waals surface area contributed by atoms with Gasteiger partial charge in [0.1, 0.15) is 17.3 Å². The second kappa shape index (κ2) is 9.94. The van der Waals surface area contributed by atoms with E-state index in [2.05, 4.69) is 32.8 Å². The Balaban J connectivity index is 1.87. The van der Waals surface area contributed by atoms with E-state index in [0.29, 0.717) is 32.1 Å². The molecule has 0 saturated heterocycles. The summed E-state index contributed by atoms with van der Waals surface area (Å²) in [6, 6.07) is 9.72. The van der Waals surface area contributed by atoms with E-state index >= 15 is 0 Å². The predicted octanol–water partition coefficient (Wildman–Crippen LogP) is 4.93. The molecule has 7 nitrogen and oxygen atoms in total. The van der Waals surface area contributed by atoms with Gasteiger partial charge in [-0.15, -0.1) is 10.2 Å². The van der Waals surface area contributed by atoms with Crippen LogP contribution in [0.15, 0.2) is 50.9 Å². The molecule has 0 unspecified atom stereocenters. The maximum Gasteiger partial charge on any atom is 0.342 e. The first-order chi connectivity index (χ1) is 14.4. The van der Waals surface area contributed by atoms with Crippen LogP contribution in [0.25, 0.3) is 6.08 Å². The molecule has 0 saturated carbocycles. The van der Waals surface area contributed by atoms with E-state index in [1.54, 1.807) is 37.3 Å². The summed E-state index contributed by atoms with van der Waals surface area (Å²) in [6.45, 7) is 1.65. The van der Waals surface area contributed by atoms with Crippen LogP contribution < -0.4 is 9.47 Å². The number of benzene rings is 2. The van der Waals surface area contributed by atoms with Crippen molar-refractivity contribution in [2.75, 3.05) is 7.11 Å². The van der Waals surface area contributed by atoms with Gasteiger partial charge in [-0.05, 0) is 64.2 Å². The van der Waals surface area contributed by atoms with E-state index < -0.39 is 5.97 Å². The molecule has 156 valence electrons. The molecule has 1 heterocycles. The zero-order valence-electron chi connectivity index (χ0n) is 15.9. The monoisotopic (exact) mass is 542 g/mol. The van der Waals surface area contributed by atoms with Crippen LogP contribution in [0.2, 0.25) is 0 Å². The fourth-order valence-electron chi connectivity index (χ4n) is 2.43.